The van der Waals surface area contributed by atoms with Crippen molar-refractivity contribution in [1.29, 1.82) is 0 Å². The normalized spacial score (nSPS) is 31.3. The van der Waals surface area contributed by atoms with Gasteiger partial charge in [-0.1, -0.05) is 81.1 Å². The third kappa shape index (κ3) is 8.08. The van der Waals surface area contributed by atoms with Crippen molar-refractivity contribution in [2.45, 2.75) is 80.7 Å². The highest BCUT2D eigenvalue weighted by molar-refractivity contribution is 5.15. The summed E-state index contributed by atoms with van der Waals surface area (Å²) in [4.78, 5) is 11.3. The van der Waals surface area contributed by atoms with E-state index >= 15 is 0 Å². The summed E-state index contributed by atoms with van der Waals surface area (Å²) in [6, 6.07) is 15.0. The van der Waals surface area contributed by atoms with Gasteiger partial charge in [-0.05, 0) is 39.7 Å². The van der Waals surface area contributed by atoms with Crippen LogP contribution in [0.3, 0.4) is 0 Å². The molecule has 0 aromatic heterocycles. The first-order valence-corrected chi connectivity index (χ1v) is 13.6. The molecule has 1 heterocycles. The Hall–Kier alpha value is -4.56. The molecular formula is C26H30N12O6. The summed E-state index contributed by atoms with van der Waals surface area (Å²) in [7, 11) is 0. The van der Waals surface area contributed by atoms with E-state index in [-0.39, 0.29) is 26.2 Å². The van der Waals surface area contributed by atoms with Crippen molar-refractivity contribution in [1.82, 2.24) is 0 Å². The second-order valence-electron chi connectivity index (χ2n) is 10.0. The van der Waals surface area contributed by atoms with Crippen LogP contribution in [0.2, 0.25) is 0 Å². The zero-order valence-corrected chi connectivity index (χ0v) is 23.3. The van der Waals surface area contributed by atoms with E-state index in [9.17, 15) is 15.7 Å². The van der Waals surface area contributed by atoms with Crippen LogP contribution in [0, 0.1) is 0 Å². The number of hydrogen-bond donors (Lipinski definition) is 2. The van der Waals surface area contributed by atoms with Gasteiger partial charge in [0.15, 0.2) is 6.29 Å². The van der Waals surface area contributed by atoms with E-state index < -0.39 is 61.0 Å². The van der Waals surface area contributed by atoms with Crippen LogP contribution < -0.4 is 0 Å². The number of ether oxygens (including phenoxy) is 4. The van der Waals surface area contributed by atoms with Gasteiger partial charge in [-0.3, -0.25) is 0 Å². The van der Waals surface area contributed by atoms with Gasteiger partial charge in [0.2, 0.25) is 0 Å². The van der Waals surface area contributed by atoms with E-state index in [1.807, 2.05) is 60.7 Å². The number of aliphatic hydroxyl groups excluding tert-OH is 2. The molecule has 2 aromatic rings. The molecule has 0 radical (unpaired) electrons. The van der Waals surface area contributed by atoms with Gasteiger partial charge >= 0.3 is 0 Å². The van der Waals surface area contributed by atoms with Crippen molar-refractivity contribution < 1.29 is 29.2 Å². The molecule has 1 saturated carbocycles. The van der Waals surface area contributed by atoms with Gasteiger partial charge in [0, 0.05) is 19.6 Å². The fraction of sp³-hybridized carbons (Fsp3) is 0.538. The number of hydrogen-bond acceptors (Lipinski definition) is 10. The number of benzene rings is 2. The minimum atomic E-state index is -1.55. The molecule has 230 valence electrons. The van der Waals surface area contributed by atoms with E-state index in [0.717, 1.165) is 11.1 Å². The van der Waals surface area contributed by atoms with Crippen LogP contribution in [0.1, 0.15) is 17.5 Å². The third-order valence-corrected chi connectivity index (χ3v) is 7.33. The summed E-state index contributed by atoms with van der Waals surface area (Å²) >= 11 is 0. The second-order valence-corrected chi connectivity index (χ2v) is 10.0. The molecule has 0 bridgehead atoms. The van der Waals surface area contributed by atoms with Crippen LogP contribution in [0.5, 0.6) is 0 Å². The van der Waals surface area contributed by atoms with Crippen molar-refractivity contribution in [3.8, 4) is 0 Å². The molecule has 1 aliphatic heterocycles. The van der Waals surface area contributed by atoms with Crippen molar-refractivity contribution in [3.05, 3.63) is 114 Å². The molecule has 9 unspecified atom stereocenters. The fourth-order valence-electron chi connectivity index (χ4n) is 5.22. The Labute approximate surface area is 250 Å². The van der Waals surface area contributed by atoms with Gasteiger partial charge in [0.05, 0.1) is 50.2 Å². The average Bonchev–Trinajstić information content (AvgIpc) is 3.04. The molecular weight excluding hydrogens is 576 g/mol. The molecule has 18 heteroatoms. The molecule has 2 N–H and O–H groups in total. The zero-order valence-electron chi connectivity index (χ0n) is 23.3. The third-order valence-electron chi connectivity index (χ3n) is 7.33. The van der Waals surface area contributed by atoms with Crippen molar-refractivity contribution in [3.63, 3.8) is 0 Å². The molecule has 18 nitrogen and oxygen atoms in total. The minimum absolute atomic E-state index is 0.0711. The Morgan fingerprint density at radius 3 is 1.73 bits per heavy atom. The lowest BCUT2D eigenvalue weighted by atomic mass is 9.84. The first kappa shape index (κ1) is 32.4. The monoisotopic (exact) mass is 606 g/mol. The van der Waals surface area contributed by atoms with Crippen LogP contribution >= 0.6 is 0 Å². The zero-order chi connectivity index (χ0) is 31.3. The summed E-state index contributed by atoms with van der Waals surface area (Å²) in [6.45, 7) is -0.0483. The highest BCUT2D eigenvalue weighted by atomic mass is 16.7. The fourth-order valence-corrected chi connectivity index (χ4v) is 5.22. The SMILES string of the molecule is [N-]=[N+]=NCC1OC(OC2C(O)C(N=[N+]=[N-])CC(N=[N+]=[N-])C2O)C(N=[N+]=[N-])C(OCc2ccccc2)C1OCc1ccccc1. The van der Waals surface area contributed by atoms with E-state index in [1.165, 1.54) is 0 Å². The lowest BCUT2D eigenvalue weighted by Crippen LogP contribution is -2.63. The largest absolute Gasteiger partial charge is 0.390 e. The van der Waals surface area contributed by atoms with Crippen LogP contribution in [0.4, 0.5) is 0 Å². The van der Waals surface area contributed by atoms with E-state index in [0.29, 0.717) is 0 Å². The molecule has 2 fully saturated rings. The Balaban J connectivity index is 1.70. The Bertz CT molecular complexity index is 1380. The number of rotatable bonds is 13. The van der Waals surface area contributed by atoms with Crippen molar-refractivity contribution in [2.24, 2.45) is 20.5 Å². The quantitative estimate of drug-likeness (QED) is 0.184. The summed E-state index contributed by atoms with van der Waals surface area (Å²) < 4.78 is 24.7. The number of azide groups is 4. The maximum atomic E-state index is 11.0. The first-order chi connectivity index (χ1) is 21.5. The first-order valence-electron chi connectivity index (χ1n) is 13.6. The smallest absolute Gasteiger partial charge is 0.169 e. The summed E-state index contributed by atoms with van der Waals surface area (Å²) in [5.41, 5.74) is 38.3. The number of nitrogens with zero attached hydrogens (tertiary/aromatic N) is 12. The standard InChI is InChI=1S/C26H30N12O6/c27-35-31-12-19-23(41-13-15-7-3-1-4-8-15)24(42-14-16-9-5-2-6-10-16)20(34-38-30)26(43-19)44-25-21(39)17(32-36-28)11-18(22(25)40)33-37-29/h1-10,17-26,39-40H,11-14H2. The van der Waals surface area contributed by atoms with Gasteiger partial charge in [0.1, 0.15) is 24.4 Å². The van der Waals surface area contributed by atoms with Crippen LogP contribution in [0.25, 0.3) is 41.8 Å². The molecule has 2 aromatic carbocycles. The van der Waals surface area contributed by atoms with Gasteiger partial charge < -0.3 is 29.2 Å². The van der Waals surface area contributed by atoms with Crippen molar-refractivity contribution >= 4 is 0 Å². The minimum Gasteiger partial charge on any atom is -0.390 e. The molecule has 0 amide bonds. The molecule has 2 aliphatic rings. The molecule has 1 aliphatic carbocycles. The van der Waals surface area contributed by atoms with Gasteiger partial charge in [-0.2, -0.15) is 0 Å². The Morgan fingerprint density at radius 2 is 1.23 bits per heavy atom. The summed E-state index contributed by atoms with van der Waals surface area (Å²) in [6.07, 6.45) is -9.19. The lowest BCUT2D eigenvalue weighted by molar-refractivity contribution is -0.304. The Morgan fingerprint density at radius 1 is 0.705 bits per heavy atom. The van der Waals surface area contributed by atoms with Gasteiger partial charge in [-0.25, -0.2) is 0 Å². The molecule has 1 saturated heterocycles. The molecule has 9 atom stereocenters. The average molecular weight is 607 g/mol. The maximum Gasteiger partial charge on any atom is 0.169 e. The van der Waals surface area contributed by atoms with E-state index in [4.69, 9.17) is 35.5 Å². The predicted octanol–water partition coefficient (Wildman–Crippen LogP) is 4.74. The molecule has 0 spiro atoms. The highest BCUT2D eigenvalue weighted by Crippen LogP contribution is 2.35. The van der Waals surface area contributed by atoms with Crippen LogP contribution in [0.15, 0.2) is 81.1 Å². The maximum absolute atomic E-state index is 11.0. The number of aliphatic hydroxyl groups is 2. The van der Waals surface area contributed by atoms with Gasteiger partial charge in [-0.15, -0.1) is 0 Å². The van der Waals surface area contributed by atoms with E-state index in [2.05, 4.69) is 40.1 Å². The predicted molar refractivity (Wildman–Crippen MR) is 153 cm³/mol. The van der Waals surface area contributed by atoms with Gasteiger partial charge in [0.25, 0.3) is 0 Å². The summed E-state index contributed by atoms with van der Waals surface area (Å²) in [5.74, 6) is 0. The van der Waals surface area contributed by atoms with Crippen molar-refractivity contribution in [2.75, 3.05) is 6.54 Å². The van der Waals surface area contributed by atoms with Crippen LogP contribution in [-0.2, 0) is 32.2 Å². The highest BCUT2D eigenvalue weighted by Gasteiger charge is 2.51. The molecule has 44 heavy (non-hydrogen) atoms. The van der Waals surface area contributed by atoms with Crippen LogP contribution in [-0.4, -0.2) is 77.8 Å². The molecule has 4 rings (SSSR count). The lowest BCUT2D eigenvalue weighted by Gasteiger charge is -2.47. The second kappa shape index (κ2) is 16.3. The summed E-state index contributed by atoms with van der Waals surface area (Å²) in [5, 5.41) is 36.7. The topological polar surface area (TPSA) is 272 Å². The van der Waals surface area contributed by atoms with E-state index in [1.54, 1.807) is 0 Å². The Kier molecular flexibility index (Phi) is 12.0.